The molecule has 0 aliphatic heterocycles. The molecule has 114 valence electrons. The van der Waals surface area contributed by atoms with Gasteiger partial charge in [0.25, 0.3) is 5.91 Å². The van der Waals surface area contributed by atoms with Gasteiger partial charge in [0, 0.05) is 10.0 Å². The molecule has 1 amide bonds. The predicted molar refractivity (Wildman–Crippen MR) is 97.4 cm³/mol. The Morgan fingerprint density at radius 3 is 2.87 bits per heavy atom. The molecule has 5 heteroatoms. The predicted octanol–water partition coefficient (Wildman–Crippen LogP) is 4.15. The topological polar surface area (TPSA) is 34.4 Å². The van der Waals surface area contributed by atoms with E-state index in [0.717, 1.165) is 20.3 Å². The van der Waals surface area contributed by atoms with E-state index in [1.807, 2.05) is 47.9 Å². The summed E-state index contributed by atoms with van der Waals surface area (Å²) in [4.78, 5) is 17.4. The Morgan fingerprint density at radius 1 is 1.35 bits per heavy atom. The first kappa shape index (κ1) is 15.7. The van der Waals surface area contributed by atoms with E-state index in [4.69, 9.17) is 6.42 Å². The number of halogens is 1. The molecule has 0 aliphatic carbocycles. The first-order valence-electron chi connectivity index (χ1n) is 6.97. The lowest BCUT2D eigenvalue weighted by Gasteiger charge is -2.01. The lowest BCUT2D eigenvalue weighted by atomic mass is 10.1. The summed E-state index contributed by atoms with van der Waals surface area (Å²) in [5.41, 5.74) is 2.50. The average molecular weight is 385 g/mol. The fourth-order valence-corrected chi connectivity index (χ4v) is 3.92. The zero-order valence-electron chi connectivity index (χ0n) is 12.4. The SMILES string of the molecule is C#CCn1c(=NC(=O)c2ccccc2C)sc2cc(Br)ccc21. The molecule has 0 bridgehead atoms. The first-order chi connectivity index (χ1) is 11.1. The number of aryl methyl sites for hydroxylation is 1. The maximum absolute atomic E-state index is 12.5. The van der Waals surface area contributed by atoms with Gasteiger partial charge in [-0.25, -0.2) is 0 Å². The molecule has 23 heavy (non-hydrogen) atoms. The summed E-state index contributed by atoms with van der Waals surface area (Å²) in [6.45, 7) is 2.28. The summed E-state index contributed by atoms with van der Waals surface area (Å²) in [5, 5.41) is 0. The minimum atomic E-state index is -0.250. The highest BCUT2D eigenvalue weighted by Crippen LogP contribution is 2.22. The normalized spacial score (nSPS) is 11.6. The van der Waals surface area contributed by atoms with Crippen LogP contribution in [0.15, 0.2) is 51.9 Å². The van der Waals surface area contributed by atoms with Gasteiger partial charge < -0.3 is 4.57 Å². The van der Waals surface area contributed by atoms with Crippen molar-refractivity contribution in [3.05, 3.63) is 62.9 Å². The van der Waals surface area contributed by atoms with Crippen LogP contribution < -0.4 is 4.80 Å². The lowest BCUT2D eigenvalue weighted by molar-refractivity contribution is 0.0997. The number of terminal acetylenes is 1. The van der Waals surface area contributed by atoms with Crippen LogP contribution in [-0.4, -0.2) is 10.5 Å². The Labute approximate surface area is 146 Å². The summed E-state index contributed by atoms with van der Waals surface area (Å²) in [6.07, 6.45) is 5.47. The Kier molecular flexibility index (Phi) is 4.46. The third-order valence-corrected chi connectivity index (χ3v) is 5.00. The van der Waals surface area contributed by atoms with Crippen LogP contribution in [0.4, 0.5) is 0 Å². The molecule has 0 radical (unpaired) electrons. The number of amides is 1. The van der Waals surface area contributed by atoms with Crippen molar-refractivity contribution < 1.29 is 4.79 Å². The number of hydrogen-bond donors (Lipinski definition) is 0. The Morgan fingerprint density at radius 2 is 2.13 bits per heavy atom. The van der Waals surface area contributed by atoms with E-state index in [1.54, 1.807) is 6.07 Å². The number of benzene rings is 2. The number of carbonyl (C=O) groups excluding carboxylic acids is 1. The molecule has 0 N–H and O–H groups in total. The minimum Gasteiger partial charge on any atom is -0.305 e. The fourth-order valence-electron chi connectivity index (χ4n) is 2.34. The van der Waals surface area contributed by atoms with E-state index in [1.165, 1.54) is 11.3 Å². The molecule has 3 aromatic rings. The summed E-state index contributed by atoms with van der Waals surface area (Å²) >= 11 is 4.92. The Hall–Kier alpha value is -2.16. The highest BCUT2D eigenvalue weighted by atomic mass is 79.9. The molecule has 0 unspecified atom stereocenters. The van der Waals surface area contributed by atoms with Crippen molar-refractivity contribution in [3.63, 3.8) is 0 Å². The van der Waals surface area contributed by atoms with Gasteiger partial charge in [0.15, 0.2) is 4.80 Å². The standard InChI is InChI=1S/C18H13BrN2OS/c1-3-10-21-15-9-8-13(19)11-16(15)23-18(21)20-17(22)14-7-5-4-6-12(14)2/h1,4-9,11H,10H2,2H3. The average Bonchev–Trinajstić information content (AvgIpc) is 2.84. The summed E-state index contributed by atoms with van der Waals surface area (Å²) in [5.74, 6) is 2.38. The van der Waals surface area contributed by atoms with Gasteiger partial charge >= 0.3 is 0 Å². The van der Waals surface area contributed by atoms with Crippen LogP contribution in [-0.2, 0) is 6.54 Å². The maximum atomic E-state index is 12.5. The zero-order chi connectivity index (χ0) is 16.4. The second-order valence-corrected chi connectivity index (χ2v) is 6.94. The monoisotopic (exact) mass is 384 g/mol. The molecular weight excluding hydrogens is 372 g/mol. The largest absolute Gasteiger partial charge is 0.305 e. The van der Waals surface area contributed by atoms with Crippen LogP contribution in [0.1, 0.15) is 15.9 Å². The van der Waals surface area contributed by atoms with Crippen molar-refractivity contribution in [2.45, 2.75) is 13.5 Å². The Bertz CT molecular complexity index is 1010. The maximum Gasteiger partial charge on any atom is 0.279 e. The molecule has 0 saturated carbocycles. The van der Waals surface area contributed by atoms with E-state index >= 15 is 0 Å². The molecule has 0 saturated heterocycles. The molecule has 3 nitrogen and oxygen atoms in total. The summed E-state index contributed by atoms with van der Waals surface area (Å²) < 4.78 is 3.91. The highest BCUT2D eigenvalue weighted by molar-refractivity contribution is 9.10. The highest BCUT2D eigenvalue weighted by Gasteiger charge is 2.10. The first-order valence-corrected chi connectivity index (χ1v) is 8.58. The zero-order valence-corrected chi connectivity index (χ0v) is 14.8. The van der Waals surface area contributed by atoms with E-state index in [9.17, 15) is 4.79 Å². The quantitative estimate of drug-likeness (QED) is 0.611. The van der Waals surface area contributed by atoms with Gasteiger partial charge in [-0.15, -0.1) is 6.42 Å². The number of rotatable bonds is 2. The van der Waals surface area contributed by atoms with Gasteiger partial charge in [-0.2, -0.15) is 4.99 Å². The van der Waals surface area contributed by atoms with E-state index in [0.29, 0.717) is 16.9 Å². The number of fused-ring (bicyclic) bond motifs is 1. The molecular formula is C18H13BrN2OS. The fraction of sp³-hybridized carbons (Fsp3) is 0.111. The van der Waals surface area contributed by atoms with Crippen molar-refractivity contribution in [3.8, 4) is 12.3 Å². The number of thiazole rings is 1. The molecule has 0 spiro atoms. The van der Waals surface area contributed by atoms with Crippen molar-refractivity contribution >= 4 is 43.4 Å². The second kappa shape index (κ2) is 6.53. The van der Waals surface area contributed by atoms with Crippen molar-refractivity contribution in [2.24, 2.45) is 4.99 Å². The van der Waals surface area contributed by atoms with Crippen molar-refractivity contribution in [1.29, 1.82) is 0 Å². The van der Waals surface area contributed by atoms with E-state index in [2.05, 4.69) is 26.8 Å². The van der Waals surface area contributed by atoms with Crippen molar-refractivity contribution in [1.82, 2.24) is 4.57 Å². The smallest absolute Gasteiger partial charge is 0.279 e. The van der Waals surface area contributed by atoms with Crippen molar-refractivity contribution in [2.75, 3.05) is 0 Å². The number of hydrogen-bond acceptors (Lipinski definition) is 2. The molecule has 0 fully saturated rings. The van der Waals surface area contributed by atoms with Crippen LogP contribution in [0.3, 0.4) is 0 Å². The molecule has 1 heterocycles. The third kappa shape index (κ3) is 3.14. The van der Waals surface area contributed by atoms with Gasteiger partial charge in [-0.05, 0) is 36.8 Å². The Balaban J connectivity index is 2.19. The molecule has 3 rings (SSSR count). The number of carbonyl (C=O) groups is 1. The van der Waals surface area contributed by atoms with Crippen LogP contribution in [0.2, 0.25) is 0 Å². The van der Waals surface area contributed by atoms with Gasteiger partial charge in [0.1, 0.15) is 0 Å². The number of nitrogens with zero attached hydrogens (tertiary/aromatic N) is 2. The van der Waals surface area contributed by atoms with Crippen LogP contribution in [0.5, 0.6) is 0 Å². The minimum absolute atomic E-state index is 0.250. The lowest BCUT2D eigenvalue weighted by Crippen LogP contribution is -2.16. The van der Waals surface area contributed by atoms with E-state index < -0.39 is 0 Å². The van der Waals surface area contributed by atoms with Gasteiger partial charge in [-0.1, -0.05) is 51.4 Å². The molecule has 2 aromatic carbocycles. The molecule has 1 aromatic heterocycles. The van der Waals surface area contributed by atoms with Crippen LogP contribution in [0, 0.1) is 19.3 Å². The third-order valence-electron chi connectivity index (χ3n) is 3.47. The van der Waals surface area contributed by atoms with Gasteiger partial charge in [-0.3, -0.25) is 4.79 Å². The second-order valence-electron chi connectivity index (χ2n) is 5.02. The van der Waals surface area contributed by atoms with Crippen LogP contribution >= 0.6 is 27.3 Å². The van der Waals surface area contributed by atoms with E-state index in [-0.39, 0.29) is 5.91 Å². The number of aromatic nitrogens is 1. The summed E-state index contributed by atoms with van der Waals surface area (Å²) in [7, 11) is 0. The summed E-state index contributed by atoms with van der Waals surface area (Å²) in [6, 6.07) is 13.4. The van der Waals surface area contributed by atoms with Gasteiger partial charge in [0.2, 0.25) is 0 Å². The van der Waals surface area contributed by atoms with Crippen LogP contribution in [0.25, 0.3) is 10.2 Å². The molecule has 0 atom stereocenters. The van der Waals surface area contributed by atoms with Gasteiger partial charge in [0.05, 0.1) is 16.8 Å². The molecule has 0 aliphatic rings.